The standard InChI is InChI=1S/C17H23F2N3O3/c1-17(2,10-23)21-15(24)8-14-16(25)20-5-6-22(14)9-11-3-4-12(18)13(19)7-11/h3-4,7,14,23H,5-6,8-10H2,1-2H3,(H,20,25)(H,21,24). The van der Waals surface area contributed by atoms with Crippen molar-refractivity contribution in [3.63, 3.8) is 0 Å². The number of carbonyl (C=O) groups excluding carboxylic acids is 2. The lowest BCUT2D eigenvalue weighted by Crippen LogP contribution is -2.57. The summed E-state index contributed by atoms with van der Waals surface area (Å²) in [7, 11) is 0. The summed E-state index contributed by atoms with van der Waals surface area (Å²) in [6.07, 6.45) is -0.0844. The lowest BCUT2D eigenvalue weighted by molar-refractivity contribution is -0.135. The van der Waals surface area contributed by atoms with Crippen LogP contribution in [0.1, 0.15) is 25.8 Å². The third-order valence-corrected chi connectivity index (χ3v) is 4.06. The minimum atomic E-state index is -0.946. The molecule has 1 heterocycles. The molecule has 0 spiro atoms. The molecule has 1 aromatic carbocycles. The molecule has 0 bridgehead atoms. The van der Waals surface area contributed by atoms with Crippen molar-refractivity contribution >= 4 is 11.8 Å². The van der Waals surface area contributed by atoms with Gasteiger partial charge in [0.15, 0.2) is 11.6 Å². The van der Waals surface area contributed by atoms with Crippen LogP contribution in [-0.2, 0) is 16.1 Å². The van der Waals surface area contributed by atoms with Gasteiger partial charge in [-0.25, -0.2) is 8.78 Å². The van der Waals surface area contributed by atoms with Crippen LogP contribution in [-0.4, -0.2) is 53.1 Å². The predicted octanol–water partition coefficient (Wildman–Crippen LogP) is 0.542. The lowest BCUT2D eigenvalue weighted by atomic mass is 10.0. The number of aliphatic hydroxyl groups excluding tert-OH is 1. The second kappa shape index (κ2) is 7.88. The molecule has 3 N–H and O–H groups in total. The first kappa shape index (κ1) is 19.3. The van der Waals surface area contributed by atoms with E-state index in [9.17, 15) is 23.5 Å². The molecule has 1 unspecified atom stereocenters. The Bertz CT molecular complexity index is 652. The van der Waals surface area contributed by atoms with Crippen molar-refractivity contribution < 1.29 is 23.5 Å². The molecule has 138 valence electrons. The van der Waals surface area contributed by atoms with E-state index in [0.717, 1.165) is 12.1 Å². The minimum absolute atomic E-state index is 0.0844. The number of carbonyl (C=O) groups is 2. The van der Waals surface area contributed by atoms with Gasteiger partial charge in [0, 0.05) is 19.6 Å². The van der Waals surface area contributed by atoms with Crippen molar-refractivity contribution in [3.05, 3.63) is 35.4 Å². The number of hydrogen-bond acceptors (Lipinski definition) is 4. The first-order valence-corrected chi connectivity index (χ1v) is 8.09. The number of benzene rings is 1. The van der Waals surface area contributed by atoms with Gasteiger partial charge >= 0.3 is 0 Å². The fraction of sp³-hybridized carbons (Fsp3) is 0.529. The number of piperazine rings is 1. The number of hydrogen-bond donors (Lipinski definition) is 3. The van der Waals surface area contributed by atoms with E-state index in [1.807, 2.05) is 0 Å². The van der Waals surface area contributed by atoms with E-state index in [2.05, 4.69) is 10.6 Å². The molecule has 8 heteroatoms. The number of nitrogens with zero attached hydrogens (tertiary/aromatic N) is 1. The molecule has 1 aromatic rings. The molecule has 0 aromatic heterocycles. The van der Waals surface area contributed by atoms with Crippen LogP contribution in [0.25, 0.3) is 0 Å². The fourth-order valence-corrected chi connectivity index (χ4v) is 2.69. The van der Waals surface area contributed by atoms with Crippen LogP contribution in [0, 0.1) is 11.6 Å². The molecule has 0 radical (unpaired) electrons. The first-order chi connectivity index (χ1) is 11.7. The summed E-state index contributed by atoms with van der Waals surface area (Å²) >= 11 is 0. The van der Waals surface area contributed by atoms with Crippen LogP contribution < -0.4 is 10.6 Å². The summed E-state index contributed by atoms with van der Waals surface area (Å²) < 4.78 is 26.4. The first-order valence-electron chi connectivity index (χ1n) is 8.09. The normalized spacial score (nSPS) is 18.8. The summed E-state index contributed by atoms with van der Waals surface area (Å²) in [6, 6.07) is 2.88. The molecule has 2 rings (SSSR count). The van der Waals surface area contributed by atoms with Gasteiger partial charge in [-0.1, -0.05) is 6.07 Å². The van der Waals surface area contributed by atoms with Gasteiger partial charge in [-0.15, -0.1) is 0 Å². The van der Waals surface area contributed by atoms with Gasteiger partial charge in [-0.3, -0.25) is 14.5 Å². The minimum Gasteiger partial charge on any atom is -0.394 e. The number of aliphatic hydroxyl groups is 1. The van der Waals surface area contributed by atoms with E-state index in [-0.39, 0.29) is 31.4 Å². The van der Waals surface area contributed by atoms with Crippen molar-refractivity contribution in [1.29, 1.82) is 0 Å². The SMILES string of the molecule is CC(C)(CO)NC(=O)CC1C(=O)NCCN1Cc1ccc(F)c(F)c1. The molecule has 0 saturated carbocycles. The highest BCUT2D eigenvalue weighted by Crippen LogP contribution is 2.16. The van der Waals surface area contributed by atoms with Gasteiger partial charge in [0.1, 0.15) is 0 Å². The molecular weight excluding hydrogens is 332 g/mol. The van der Waals surface area contributed by atoms with Crippen LogP contribution >= 0.6 is 0 Å². The molecule has 1 saturated heterocycles. The molecule has 0 aliphatic carbocycles. The van der Waals surface area contributed by atoms with Crippen molar-refractivity contribution in [3.8, 4) is 0 Å². The Morgan fingerprint density at radius 3 is 2.76 bits per heavy atom. The van der Waals surface area contributed by atoms with Crippen LogP contribution in [0.4, 0.5) is 8.78 Å². The molecule has 1 aliphatic rings. The zero-order chi connectivity index (χ0) is 18.6. The topological polar surface area (TPSA) is 81.7 Å². The highest BCUT2D eigenvalue weighted by atomic mass is 19.2. The van der Waals surface area contributed by atoms with Crippen LogP contribution in [0.3, 0.4) is 0 Å². The summed E-state index contributed by atoms with van der Waals surface area (Å²) in [5.41, 5.74) is -0.262. The maximum atomic E-state index is 13.4. The van der Waals surface area contributed by atoms with E-state index in [4.69, 9.17) is 0 Å². The van der Waals surface area contributed by atoms with Crippen LogP contribution in [0.2, 0.25) is 0 Å². The Morgan fingerprint density at radius 1 is 1.40 bits per heavy atom. The average molecular weight is 355 g/mol. The summed E-state index contributed by atoms with van der Waals surface area (Å²) in [6.45, 7) is 4.25. The largest absolute Gasteiger partial charge is 0.394 e. The zero-order valence-corrected chi connectivity index (χ0v) is 14.3. The van der Waals surface area contributed by atoms with Crippen molar-refractivity contribution in [2.24, 2.45) is 0 Å². The monoisotopic (exact) mass is 355 g/mol. The smallest absolute Gasteiger partial charge is 0.237 e. The lowest BCUT2D eigenvalue weighted by Gasteiger charge is -2.35. The summed E-state index contributed by atoms with van der Waals surface area (Å²) in [5.74, 6) is -2.53. The predicted molar refractivity (Wildman–Crippen MR) is 87.5 cm³/mol. The third-order valence-electron chi connectivity index (χ3n) is 4.06. The maximum absolute atomic E-state index is 13.4. The Morgan fingerprint density at radius 2 is 2.12 bits per heavy atom. The molecule has 1 atom stereocenters. The van der Waals surface area contributed by atoms with E-state index in [0.29, 0.717) is 18.7 Å². The highest BCUT2D eigenvalue weighted by Gasteiger charge is 2.32. The third kappa shape index (κ3) is 5.20. The van der Waals surface area contributed by atoms with Gasteiger partial charge in [0.25, 0.3) is 0 Å². The Kier molecular flexibility index (Phi) is 6.07. The van der Waals surface area contributed by atoms with Crippen LogP contribution in [0.5, 0.6) is 0 Å². The quantitative estimate of drug-likeness (QED) is 0.696. The Hall–Kier alpha value is -2.06. The number of rotatable bonds is 6. The molecular formula is C17H23F2N3O3. The summed E-state index contributed by atoms with van der Waals surface area (Å²) in [4.78, 5) is 26.1. The van der Waals surface area contributed by atoms with E-state index in [1.54, 1.807) is 18.7 Å². The number of nitrogens with one attached hydrogen (secondary N) is 2. The van der Waals surface area contributed by atoms with Crippen molar-refractivity contribution in [2.45, 2.75) is 38.4 Å². The van der Waals surface area contributed by atoms with E-state index < -0.39 is 23.2 Å². The molecule has 2 amide bonds. The maximum Gasteiger partial charge on any atom is 0.237 e. The molecule has 6 nitrogen and oxygen atoms in total. The van der Waals surface area contributed by atoms with E-state index >= 15 is 0 Å². The molecule has 1 aliphatic heterocycles. The van der Waals surface area contributed by atoms with Crippen LogP contribution in [0.15, 0.2) is 18.2 Å². The average Bonchev–Trinajstić information content (AvgIpc) is 2.54. The summed E-state index contributed by atoms with van der Waals surface area (Å²) in [5, 5.41) is 14.6. The highest BCUT2D eigenvalue weighted by molar-refractivity contribution is 5.89. The number of halogens is 2. The zero-order valence-electron chi connectivity index (χ0n) is 14.3. The van der Waals surface area contributed by atoms with Gasteiger partial charge in [-0.2, -0.15) is 0 Å². The number of amides is 2. The van der Waals surface area contributed by atoms with Crippen molar-refractivity contribution in [1.82, 2.24) is 15.5 Å². The van der Waals surface area contributed by atoms with Gasteiger partial charge in [0.05, 0.1) is 24.6 Å². The second-order valence-electron chi connectivity index (χ2n) is 6.82. The molecule has 1 fully saturated rings. The second-order valence-corrected chi connectivity index (χ2v) is 6.82. The molecule has 25 heavy (non-hydrogen) atoms. The van der Waals surface area contributed by atoms with Gasteiger partial charge in [-0.05, 0) is 31.5 Å². The van der Waals surface area contributed by atoms with Crippen molar-refractivity contribution in [2.75, 3.05) is 19.7 Å². The van der Waals surface area contributed by atoms with Gasteiger partial charge < -0.3 is 15.7 Å². The van der Waals surface area contributed by atoms with E-state index in [1.165, 1.54) is 6.07 Å². The fourth-order valence-electron chi connectivity index (χ4n) is 2.69. The van der Waals surface area contributed by atoms with Gasteiger partial charge in [0.2, 0.25) is 11.8 Å². The Labute approximate surface area is 145 Å². The Balaban J connectivity index is 2.08.